The summed E-state index contributed by atoms with van der Waals surface area (Å²) < 4.78 is 0. The van der Waals surface area contributed by atoms with Gasteiger partial charge in [0.15, 0.2) is 0 Å². The fourth-order valence-electron chi connectivity index (χ4n) is 1.14. The summed E-state index contributed by atoms with van der Waals surface area (Å²) in [5.41, 5.74) is 6.58. The lowest BCUT2D eigenvalue weighted by molar-refractivity contribution is 0.474. The van der Waals surface area contributed by atoms with Gasteiger partial charge in [-0.3, -0.25) is 0 Å². The van der Waals surface area contributed by atoms with Crippen LogP contribution in [-0.2, 0) is 6.42 Å². The summed E-state index contributed by atoms with van der Waals surface area (Å²) in [5.74, 6) is 0.142. The molecule has 0 bridgehead atoms. The van der Waals surface area contributed by atoms with Crippen molar-refractivity contribution < 1.29 is 5.11 Å². The number of halogens is 1. The quantitative estimate of drug-likeness (QED) is 0.785. The summed E-state index contributed by atoms with van der Waals surface area (Å²) in [6.07, 6.45) is 1.69. The maximum atomic E-state index is 9.30. The molecule has 13 heavy (non-hydrogen) atoms. The van der Waals surface area contributed by atoms with E-state index in [4.69, 9.17) is 17.3 Å². The first-order valence-electron chi connectivity index (χ1n) is 4.33. The van der Waals surface area contributed by atoms with Gasteiger partial charge in [-0.15, -0.1) is 0 Å². The Labute approximate surface area is 83.3 Å². The van der Waals surface area contributed by atoms with E-state index >= 15 is 0 Å². The lowest BCUT2D eigenvalue weighted by atomic mass is 10.1. The molecule has 3 heteroatoms. The Morgan fingerprint density at radius 3 is 2.85 bits per heavy atom. The van der Waals surface area contributed by atoms with Gasteiger partial charge in [-0.2, -0.15) is 0 Å². The van der Waals surface area contributed by atoms with E-state index in [-0.39, 0.29) is 11.8 Å². The molecule has 1 atom stereocenters. The van der Waals surface area contributed by atoms with Gasteiger partial charge in [0, 0.05) is 6.04 Å². The van der Waals surface area contributed by atoms with Crippen LogP contribution in [0.25, 0.3) is 0 Å². The summed E-state index contributed by atoms with van der Waals surface area (Å²) in [4.78, 5) is 0. The van der Waals surface area contributed by atoms with Gasteiger partial charge in [0.1, 0.15) is 5.75 Å². The first-order chi connectivity index (χ1) is 6.11. The lowest BCUT2D eigenvalue weighted by Gasteiger charge is -2.07. The number of aryl methyl sites for hydroxylation is 1. The van der Waals surface area contributed by atoms with Crippen LogP contribution in [0.2, 0.25) is 5.02 Å². The summed E-state index contributed by atoms with van der Waals surface area (Å²) >= 11 is 5.89. The number of aromatic hydroxyl groups is 1. The number of hydrogen-bond acceptors (Lipinski definition) is 2. The second kappa shape index (κ2) is 4.49. The number of nitrogens with two attached hydrogens (primary N) is 1. The topological polar surface area (TPSA) is 46.2 Å². The van der Waals surface area contributed by atoms with Gasteiger partial charge < -0.3 is 10.8 Å². The van der Waals surface area contributed by atoms with Crippen molar-refractivity contribution >= 4 is 11.6 Å². The van der Waals surface area contributed by atoms with Gasteiger partial charge in [0.2, 0.25) is 0 Å². The van der Waals surface area contributed by atoms with Crippen LogP contribution in [0.1, 0.15) is 18.9 Å². The van der Waals surface area contributed by atoms with E-state index in [1.165, 1.54) is 0 Å². The lowest BCUT2D eigenvalue weighted by Crippen LogP contribution is -2.15. The van der Waals surface area contributed by atoms with E-state index in [0.29, 0.717) is 5.02 Å². The van der Waals surface area contributed by atoms with Crippen LogP contribution >= 0.6 is 11.6 Å². The third-order valence-corrected chi connectivity index (χ3v) is 2.36. The van der Waals surface area contributed by atoms with Gasteiger partial charge in [-0.05, 0) is 31.4 Å². The number of rotatable bonds is 3. The molecule has 1 aromatic carbocycles. The van der Waals surface area contributed by atoms with Gasteiger partial charge in [0.25, 0.3) is 0 Å². The molecular formula is C10H14ClNO. The van der Waals surface area contributed by atoms with Crippen molar-refractivity contribution in [3.05, 3.63) is 28.8 Å². The molecule has 0 saturated heterocycles. The minimum Gasteiger partial charge on any atom is -0.506 e. The Hall–Kier alpha value is -0.730. The average molecular weight is 200 g/mol. The molecule has 0 unspecified atom stereocenters. The molecule has 0 aliphatic carbocycles. The molecular weight excluding hydrogens is 186 g/mol. The molecule has 1 aromatic rings. The van der Waals surface area contributed by atoms with Gasteiger partial charge >= 0.3 is 0 Å². The fourth-order valence-corrected chi connectivity index (χ4v) is 1.36. The van der Waals surface area contributed by atoms with Crippen molar-refractivity contribution in [1.29, 1.82) is 0 Å². The number of benzene rings is 1. The molecule has 0 aliphatic rings. The number of hydrogen-bond donors (Lipinski definition) is 2. The van der Waals surface area contributed by atoms with E-state index in [1.807, 2.05) is 13.0 Å². The van der Waals surface area contributed by atoms with Crippen molar-refractivity contribution in [2.24, 2.45) is 5.73 Å². The Bertz CT molecular complexity index is 286. The van der Waals surface area contributed by atoms with E-state index in [2.05, 4.69) is 0 Å². The minimum atomic E-state index is 0.142. The molecule has 0 aromatic heterocycles. The molecule has 72 valence electrons. The summed E-state index contributed by atoms with van der Waals surface area (Å²) in [6, 6.07) is 5.44. The smallest absolute Gasteiger partial charge is 0.134 e. The monoisotopic (exact) mass is 199 g/mol. The van der Waals surface area contributed by atoms with E-state index in [1.54, 1.807) is 12.1 Å². The van der Waals surface area contributed by atoms with Crippen LogP contribution < -0.4 is 5.73 Å². The maximum absolute atomic E-state index is 9.30. The second-order valence-electron chi connectivity index (χ2n) is 3.27. The van der Waals surface area contributed by atoms with Crippen molar-refractivity contribution in [2.75, 3.05) is 0 Å². The Morgan fingerprint density at radius 1 is 1.54 bits per heavy atom. The van der Waals surface area contributed by atoms with Gasteiger partial charge in [-0.1, -0.05) is 23.7 Å². The highest BCUT2D eigenvalue weighted by Gasteiger charge is 2.05. The van der Waals surface area contributed by atoms with Crippen LogP contribution in [0.3, 0.4) is 0 Å². The standard InChI is InChI=1S/C10H14ClNO/c1-7(12)5-6-8-3-2-4-9(13)10(8)11/h2-4,7,13H,5-6,12H2,1H3/t7-/m1/s1. The Balaban J connectivity index is 2.71. The first kappa shape index (κ1) is 10.4. The highest BCUT2D eigenvalue weighted by molar-refractivity contribution is 6.32. The molecule has 0 fully saturated rings. The van der Waals surface area contributed by atoms with Crippen LogP contribution in [0.4, 0.5) is 0 Å². The van der Waals surface area contributed by atoms with Crippen molar-refractivity contribution in [2.45, 2.75) is 25.8 Å². The SMILES string of the molecule is C[C@@H](N)CCc1cccc(O)c1Cl. The molecule has 2 nitrogen and oxygen atoms in total. The van der Waals surface area contributed by atoms with Crippen molar-refractivity contribution in [1.82, 2.24) is 0 Å². The van der Waals surface area contributed by atoms with Crippen molar-refractivity contribution in [3.8, 4) is 5.75 Å². The van der Waals surface area contributed by atoms with E-state index < -0.39 is 0 Å². The highest BCUT2D eigenvalue weighted by atomic mass is 35.5. The van der Waals surface area contributed by atoms with Gasteiger partial charge in [-0.25, -0.2) is 0 Å². The van der Waals surface area contributed by atoms with E-state index in [0.717, 1.165) is 18.4 Å². The molecule has 1 rings (SSSR count). The van der Waals surface area contributed by atoms with Crippen molar-refractivity contribution in [3.63, 3.8) is 0 Å². The predicted octanol–water partition coefficient (Wildman–Crippen LogP) is 2.33. The zero-order chi connectivity index (χ0) is 9.84. The average Bonchev–Trinajstić information content (AvgIpc) is 2.07. The maximum Gasteiger partial charge on any atom is 0.134 e. The molecule has 0 aliphatic heterocycles. The van der Waals surface area contributed by atoms with Crippen LogP contribution in [0, 0.1) is 0 Å². The van der Waals surface area contributed by atoms with Crippen LogP contribution in [-0.4, -0.2) is 11.1 Å². The summed E-state index contributed by atoms with van der Waals surface area (Å²) in [7, 11) is 0. The molecule has 0 heterocycles. The Kier molecular flexibility index (Phi) is 3.58. The predicted molar refractivity (Wildman–Crippen MR) is 55.1 cm³/mol. The zero-order valence-corrected chi connectivity index (χ0v) is 8.38. The molecule has 0 radical (unpaired) electrons. The molecule has 0 amide bonds. The van der Waals surface area contributed by atoms with Gasteiger partial charge in [0.05, 0.1) is 5.02 Å². The number of phenolic OH excluding ortho intramolecular Hbond substituents is 1. The minimum absolute atomic E-state index is 0.142. The molecule has 0 spiro atoms. The fraction of sp³-hybridized carbons (Fsp3) is 0.400. The second-order valence-corrected chi connectivity index (χ2v) is 3.64. The highest BCUT2D eigenvalue weighted by Crippen LogP contribution is 2.27. The Morgan fingerprint density at radius 2 is 2.23 bits per heavy atom. The molecule has 0 saturated carbocycles. The first-order valence-corrected chi connectivity index (χ1v) is 4.71. The normalized spacial score (nSPS) is 12.8. The summed E-state index contributed by atoms with van der Waals surface area (Å²) in [5, 5.41) is 9.75. The van der Waals surface area contributed by atoms with Crippen LogP contribution in [0.15, 0.2) is 18.2 Å². The zero-order valence-electron chi connectivity index (χ0n) is 7.63. The van der Waals surface area contributed by atoms with E-state index in [9.17, 15) is 5.11 Å². The third-order valence-electron chi connectivity index (χ3n) is 1.93. The largest absolute Gasteiger partial charge is 0.506 e. The number of phenols is 1. The van der Waals surface area contributed by atoms with Crippen LogP contribution in [0.5, 0.6) is 5.75 Å². The summed E-state index contributed by atoms with van der Waals surface area (Å²) in [6.45, 7) is 1.96. The third kappa shape index (κ3) is 2.90. The molecule has 3 N–H and O–H groups in total.